The third-order valence-corrected chi connectivity index (χ3v) is 4.99. The Morgan fingerprint density at radius 2 is 1.21 bits per heavy atom. The van der Waals surface area contributed by atoms with Crippen LogP contribution in [0.3, 0.4) is 0 Å². The van der Waals surface area contributed by atoms with Gasteiger partial charge in [-0.1, -0.05) is 76.2 Å². The molecule has 0 aliphatic heterocycles. The summed E-state index contributed by atoms with van der Waals surface area (Å²) in [5.41, 5.74) is 6.25. The first kappa shape index (κ1) is 12.5. The highest BCUT2D eigenvalue weighted by Crippen LogP contribution is 2.51. The Morgan fingerprint density at radius 3 is 1.63 bits per heavy atom. The second-order valence-corrected chi connectivity index (χ2v) is 6.87. The molecule has 0 fully saturated rings. The van der Waals surface area contributed by atoms with Crippen LogP contribution in [0.2, 0.25) is 0 Å². The maximum atomic E-state index is 2.41. The summed E-state index contributed by atoms with van der Waals surface area (Å²) in [5.74, 6) is 0. The van der Waals surface area contributed by atoms with Crippen molar-refractivity contribution in [1.82, 2.24) is 0 Å². The van der Waals surface area contributed by atoms with Crippen LogP contribution < -0.4 is 0 Å². The van der Waals surface area contributed by atoms with E-state index in [2.05, 4.69) is 76.2 Å². The molecule has 2 aromatic carbocycles. The Balaban J connectivity index is 2.35. The van der Waals surface area contributed by atoms with Gasteiger partial charge in [-0.3, -0.25) is 0 Å². The second kappa shape index (κ2) is 3.96. The minimum absolute atomic E-state index is 0.0818. The lowest BCUT2D eigenvalue weighted by Gasteiger charge is -2.47. The fourth-order valence-electron chi connectivity index (χ4n) is 3.48. The highest BCUT2D eigenvalue weighted by atomic mass is 14.5. The quantitative estimate of drug-likeness (QED) is 0.621. The van der Waals surface area contributed by atoms with E-state index >= 15 is 0 Å². The molecule has 1 aliphatic rings. The van der Waals surface area contributed by atoms with Crippen molar-refractivity contribution in [3.8, 4) is 0 Å². The third-order valence-electron chi connectivity index (χ3n) is 4.99. The largest absolute Gasteiger partial charge is 0.0620 e. The van der Waals surface area contributed by atoms with E-state index in [4.69, 9.17) is 0 Å². The molecule has 2 aromatic rings. The van der Waals surface area contributed by atoms with Gasteiger partial charge in [-0.05, 0) is 34.1 Å². The van der Waals surface area contributed by atoms with E-state index in [-0.39, 0.29) is 10.8 Å². The SMILES string of the molecule is CC(C)(C)C1(C)c2ccccc2Cc2ccccc21. The van der Waals surface area contributed by atoms with E-state index in [1.165, 1.54) is 22.3 Å². The smallest absolute Gasteiger partial charge is 0.0228 e. The van der Waals surface area contributed by atoms with Crippen molar-refractivity contribution >= 4 is 0 Å². The van der Waals surface area contributed by atoms with Crippen LogP contribution in [0.15, 0.2) is 48.5 Å². The van der Waals surface area contributed by atoms with Crippen LogP contribution in [-0.2, 0) is 11.8 Å². The van der Waals surface area contributed by atoms with Gasteiger partial charge in [-0.25, -0.2) is 0 Å². The molecule has 0 atom stereocenters. The minimum Gasteiger partial charge on any atom is -0.0620 e. The van der Waals surface area contributed by atoms with Crippen molar-refractivity contribution in [3.63, 3.8) is 0 Å². The first-order valence-corrected chi connectivity index (χ1v) is 7.11. The molecular formula is C19H22. The normalized spacial score (nSPS) is 16.6. The van der Waals surface area contributed by atoms with Crippen LogP contribution >= 0.6 is 0 Å². The average Bonchev–Trinajstić information content (AvgIpc) is 2.38. The molecule has 0 bridgehead atoms. The Labute approximate surface area is 116 Å². The van der Waals surface area contributed by atoms with Gasteiger partial charge in [0.25, 0.3) is 0 Å². The Bertz CT molecular complexity index is 568. The zero-order valence-corrected chi connectivity index (χ0v) is 12.3. The van der Waals surface area contributed by atoms with Crippen molar-refractivity contribution in [2.75, 3.05) is 0 Å². The first-order chi connectivity index (χ1) is 8.94. The number of hydrogen-bond acceptors (Lipinski definition) is 0. The van der Waals surface area contributed by atoms with Crippen LogP contribution in [0.25, 0.3) is 0 Å². The molecule has 0 spiro atoms. The number of benzene rings is 2. The predicted molar refractivity (Wildman–Crippen MR) is 81.6 cm³/mol. The van der Waals surface area contributed by atoms with Crippen molar-refractivity contribution in [3.05, 3.63) is 70.8 Å². The fraction of sp³-hybridized carbons (Fsp3) is 0.368. The average molecular weight is 250 g/mol. The summed E-state index contributed by atoms with van der Waals surface area (Å²) in [5, 5.41) is 0. The molecule has 0 unspecified atom stereocenters. The zero-order chi connectivity index (χ0) is 13.7. The molecule has 19 heavy (non-hydrogen) atoms. The molecule has 0 aromatic heterocycles. The summed E-state index contributed by atoms with van der Waals surface area (Å²) < 4.78 is 0. The summed E-state index contributed by atoms with van der Waals surface area (Å²) in [6.07, 6.45) is 1.07. The molecule has 0 N–H and O–H groups in total. The van der Waals surface area contributed by atoms with Crippen molar-refractivity contribution in [2.24, 2.45) is 5.41 Å². The van der Waals surface area contributed by atoms with Crippen LogP contribution in [0, 0.1) is 5.41 Å². The number of hydrogen-bond donors (Lipinski definition) is 0. The minimum atomic E-state index is 0.0818. The van der Waals surface area contributed by atoms with Gasteiger partial charge in [0.1, 0.15) is 0 Å². The maximum absolute atomic E-state index is 2.41. The van der Waals surface area contributed by atoms with E-state index in [0.29, 0.717) is 0 Å². The second-order valence-electron chi connectivity index (χ2n) is 6.87. The predicted octanol–water partition coefficient (Wildman–Crippen LogP) is 4.94. The summed E-state index contributed by atoms with van der Waals surface area (Å²) in [4.78, 5) is 0. The van der Waals surface area contributed by atoms with Gasteiger partial charge < -0.3 is 0 Å². The van der Waals surface area contributed by atoms with Crippen molar-refractivity contribution in [1.29, 1.82) is 0 Å². The van der Waals surface area contributed by atoms with Gasteiger partial charge in [-0.15, -0.1) is 0 Å². The van der Waals surface area contributed by atoms with Gasteiger partial charge in [0, 0.05) is 5.41 Å². The zero-order valence-electron chi connectivity index (χ0n) is 12.3. The molecule has 98 valence electrons. The van der Waals surface area contributed by atoms with Crippen LogP contribution in [0.5, 0.6) is 0 Å². The van der Waals surface area contributed by atoms with Crippen LogP contribution in [-0.4, -0.2) is 0 Å². The summed E-state index contributed by atoms with van der Waals surface area (Å²) >= 11 is 0. The molecule has 0 heteroatoms. The molecule has 0 radical (unpaired) electrons. The molecule has 1 aliphatic carbocycles. The first-order valence-electron chi connectivity index (χ1n) is 7.11. The lowest BCUT2D eigenvalue weighted by molar-refractivity contribution is 0.243. The molecule has 0 amide bonds. The topological polar surface area (TPSA) is 0 Å². The lowest BCUT2D eigenvalue weighted by atomic mass is 9.56. The molecular weight excluding hydrogens is 228 g/mol. The molecule has 0 saturated heterocycles. The van der Waals surface area contributed by atoms with E-state index in [1.807, 2.05) is 0 Å². The van der Waals surface area contributed by atoms with Gasteiger partial charge in [0.2, 0.25) is 0 Å². The van der Waals surface area contributed by atoms with Crippen LogP contribution in [0.4, 0.5) is 0 Å². The molecule has 0 heterocycles. The highest BCUT2D eigenvalue weighted by molar-refractivity contribution is 5.54. The van der Waals surface area contributed by atoms with E-state index in [1.54, 1.807) is 0 Å². The summed E-state index contributed by atoms with van der Waals surface area (Å²) in [7, 11) is 0. The van der Waals surface area contributed by atoms with Crippen molar-refractivity contribution in [2.45, 2.75) is 39.5 Å². The Morgan fingerprint density at radius 1 is 0.789 bits per heavy atom. The van der Waals surface area contributed by atoms with E-state index in [9.17, 15) is 0 Å². The summed E-state index contributed by atoms with van der Waals surface area (Å²) in [6.45, 7) is 9.47. The molecule has 3 rings (SSSR count). The van der Waals surface area contributed by atoms with Crippen molar-refractivity contribution < 1.29 is 0 Å². The standard InChI is InChI=1S/C19H22/c1-18(2,3)19(4)16-11-7-5-9-14(16)13-15-10-6-8-12-17(15)19/h5-12H,13H2,1-4H3. The Kier molecular flexibility index (Phi) is 2.60. The molecule has 0 nitrogen and oxygen atoms in total. The summed E-state index contributed by atoms with van der Waals surface area (Å²) in [6, 6.07) is 17.9. The maximum Gasteiger partial charge on any atom is 0.0228 e. The monoisotopic (exact) mass is 250 g/mol. The van der Waals surface area contributed by atoms with Crippen LogP contribution in [0.1, 0.15) is 49.9 Å². The van der Waals surface area contributed by atoms with Gasteiger partial charge in [0.05, 0.1) is 0 Å². The fourth-order valence-corrected chi connectivity index (χ4v) is 3.48. The third kappa shape index (κ3) is 1.66. The van der Waals surface area contributed by atoms with Gasteiger partial charge >= 0.3 is 0 Å². The molecule has 0 saturated carbocycles. The van der Waals surface area contributed by atoms with E-state index in [0.717, 1.165) is 6.42 Å². The lowest BCUT2D eigenvalue weighted by Crippen LogP contribution is -2.42. The van der Waals surface area contributed by atoms with Gasteiger partial charge in [-0.2, -0.15) is 0 Å². The highest BCUT2D eigenvalue weighted by Gasteiger charge is 2.44. The number of fused-ring (bicyclic) bond motifs is 2. The number of rotatable bonds is 0. The van der Waals surface area contributed by atoms with E-state index < -0.39 is 0 Å². The van der Waals surface area contributed by atoms with Gasteiger partial charge in [0.15, 0.2) is 0 Å². The Hall–Kier alpha value is -1.56.